The Labute approximate surface area is 167 Å². The maximum atomic E-state index is 12.6. The molecule has 0 saturated heterocycles. The number of ether oxygens (including phenoxy) is 1. The van der Waals surface area contributed by atoms with Crippen molar-refractivity contribution in [1.29, 1.82) is 0 Å². The third-order valence-corrected chi connectivity index (χ3v) is 4.74. The first-order valence-corrected chi connectivity index (χ1v) is 9.31. The lowest BCUT2D eigenvalue weighted by molar-refractivity contribution is 0.0526. The Kier molecular flexibility index (Phi) is 4.76. The number of fused-ring (bicyclic) bond motifs is 3. The van der Waals surface area contributed by atoms with Crippen molar-refractivity contribution in [1.82, 2.24) is 4.98 Å². The van der Waals surface area contributed by atoms with E-state index in [2.05, 4.69) is 9.98 Å². The Morgan fingerprint density at radius 2 is 2.00 bits per heavy atom. The number of phenols is 1. The highest BCUT2D eigenvalue weighted by Crippen LogP contribution is 2.40. The van der Waals surface area contributed by atoms with Crippen LogP contribution in [0.3, 0.4) is 0 Å². The number of rotatable bonds is 4. The maximum Gasteiger partial charge on any atom is 0.342 e. The molecule has 0 aliphatic heterocycles. The van der Waals surface area contributed by atoms with Gasteiger partial charge >= 0.3 is 5.97 Å². The molecule has 0 amide bonds. The molecule has 146 valence electrons. The van der Waals surface area contributed by atoms with Crippen LogP contribution in [0.2, 0.25) is 0 Å². The van der Waals surface area contributed by atoms with E-state index in [0.717, 1.165) is 5.56 Å². The number of aryl methyl sites for hydroxylation is 2. The van der Waals surface area contributed by atoms with Crippen LogP contribution in [0.15, 0.2) is 52.0 Å². The third kappa shape index (κ3) is 3.23. The van der Waals surface area contributed by atoms with Crippen molar-refractivity contribution in [2.75, 3.05) is 6.61 Å². The van der Waals surface area contributed by atoms with Gasteiger partial charge in [0.15, 0.2) is 5.82 Å². The van der Waals surface area contributed by atoms with Gasteiger partial charge in [-0.15, -0.1) is 0 Å². The molecule has 0 atom stereocenters. The van der Waals surface area contributed by atoms with Crippen LogP contribution in [0, 0.1) is 13.8 Å². The second-order valence-electron chi connectivity index (χ2n) is 6.72. The summed E-state index contributed by atoms with van der Waals surface area (Å²) >= 11 is 0. The van der Waals surface area contributed by atoms with Crippen molar-refractivity contribution < 1.29 is 19.1 Å². The molecule has 2 aromatic heterocycles. The molecular weight excluding hydrogens is 368 g/mol. The standard InChI is InChI=1S/C23H20N2O4/c1-4-28-23(27)19-14(3)29-22-16-8-6-5-7-15(16)21(26)17(20(19)22)12-25-18-11-13(2)9-10-24-18/h5-12,26H,4H2,1-3H3. The van der Waals surface area contributed by atoms with E-state index in [0.29, 0.717) is 44.4 Å². The summed E-state index contributed by atoms with van der Waals surface area (Å²) < 4.78 is 11.2. The number of furan rings is 1. The molecule has 0 saturated carbocycles. The maximum absolute atomic E-state index is 12.6. The zero-order valence-electron chi connectivity index (χ0n) is 16.4. The van der Waals surface area contributed by atoms with Crippen molar-refractivity contribution in [2.45, 2.75) is 20.8 Å². The zero-order chi connectivity index (χ0) is 20.5. The molecule has 2 heterocycles. The van der Waals surface area contributed by atoms with Crippen molar-refractivity contribution in [3.8, 4) is 5.75 Å². The number of hydrogen-bond acceptors (Lipinski definition) is 6. The minimum atomic E-state index is -0.498. The van der Waals surface area contributed by atoms with Crippen LogP contribution in [0.25, 0.3) is 21.7 Å². The lowest BCUT2D eigenvalue weighted by atomic mass is 9.98. The van der Waals surface area contributed by atoms with Crippen LogP contribution in [-0.2, 0) is 4.74 Å². The molecular formula is C23H20N2O4. The van der Waals surface area contributed by atoms with Gasteiger partial charge < -0.3 is 14.3 Å². The Hall–Kier alpha value is -3.67. The molecule has 2 aromatic carbocycles. The van der Waals surface area contributed by atoms with Crippen molar-refractivity contribution in [3.63, 3.8) is 0 Å². The second kappa shape index (κ2) is 7.39. The van der Waals surface area contributed by atoms with Crippen LogP contribution in [0.4, 0.5) is 5.82 Å². The van der Waals surface area contributed by atoms with Crippen LogP contribution in [0.5, 0.6) is 5.75 Å². The van der Waals surface area contributed by atoms with Gasteiger partial charge in [-0.25, -0.2) is 14.8 Å². The van der Waals surface area contributed by atoms with Crippen LogP contribution >= 0.6 is 0 Å². The summed E-state index contributed by atoms with van der Waals surface area (Å²) in [7, 11) is 0. The summed E-state index contributed by atoms with van der Waals surface area (Å²) in [4.78, 5) is 21.3. The summed E-state index contributed by atoms with van der Waals surface area (Å²) in [6.45, 7) is 5.64. The van der Waals surface area contributed by atoms with Gasteiger partial charge in [-0.2, -0.15) is 0 Å². The number of aromatic nitrogens is 1. The fourth-order valence-electron chi connectivity index (χ4n) is 3.44. The minimum absolute atomic E-state index is 0.0239. The predicted molar refractivity (Wildman–Crippen MR) is 112 cm³/mol. The Morgan fingerprint density at radius 3 is 2.72 bits per heavy atom. The predicted octanol–water partition coefficient (Wildman–Crippen LogP) is 5.23. The number of aliphatic imine (C=N–C) groups is 1. The SMILES string of the molecule is CCOC(=O)c1c(C)oc2c1c(C=Nc1cc(C)ccn1)c(O)c1ccccc12. The molecule has 0 aliphatic rings. The zero-order valence-corrected chi connectivity index (χ0v) is 16.4. The first kappa shape index (κ1) is 18.7. The number of benzene rings is 2. The van der Waals surface area contributed by atoms with Crippen LogP contribution in [-0.4, -0.2) is 28.9 Å². The van der Waals surface area contributed by atoms with Crippen LogP contribution in [0.1, 0.15) is 34.2 Å². The van der Waals surface area contributed by atoms with Gasteiger partial charge in [0, 0.05) is 34.1 Å². The molecule has 0 fully saturated rings. The highest BCUT2D eigenvalue weighted by molar-refractivity contribution is 6.21. The Balaban J connectivity index is 2.04. The molecule has 1 N–H and O–H groups in total. The first-order chi connectivity index (χ1) is 14.0. The van der Waals surface area contributed by atoms with E-state index >= 15 is 0 Å². The van der Waals surface area contributed by atoms with E-state index in [1.165, 1.54) is 6.21 Å². The molecule has 0 aliphatic carbocycles. The van der Waals surface area contributed by atoms with Gasteiger partial charge in [0.25, 0.3) is 0 Å². The van der Waals surface area contributed by atoms with Crippen molar-refractivity contribution in [2.24, 2.45) is 4.99 Å². The van der Waals surface area contributed by atoms with Gasteiger partial charge in [-0.3, -0.25) is 0 Å². The normalized spacial score (nSPS) is 11.6. The Bertz CT molecular complexity index is 1270. The highest BCUT2D eigenvalue weighted by atomic mass is 16.5. The molecule has 0 unspecified atom stereocenters. The Morgan fingerprint density at radius 1 is 1.24 bits per heavy atom. The molecule has 4 rings (SSSR count). The number of esters is 1. The molecule has 29 heavy (non-hydrogen) atoms. The van der Waals surface area contributed by atoms with E-state index < -0.39 is 5.97 Å². The van der Waals surface area contributed by atoms with E-state index in [1.54, 1.807) is 26.1 Å². The number of nitrogens with zero attached hydrogens (tertiary/aromatic N) is 2. The molecule has 4 aromatic rings. The van der Waals surface area contributed by atoms with E-state index in [1.807, 2.05) is 37.3 Å². The fraction of sp³-hybridized carbons (Fsp3) is 0.174. The van der Waals surface area contributed by atoms with Gasteiger partial charge in [-0.05, 0) is 38.5 Å². The monoisotopic (exact) mass is 388 g/mol. The lowest BCUT2D eigenvalue weighted by Gasteiger charge is -2.08. The molecule has 0 bridgehead atoms. The number of pyridine rings is 1. The molecule has 0 radical (unpaired) electrons. The van der Waals surface area contributed by atoms with Crippen LogP contribution < -0.4 is 0 Å². The smallest absolute Gasteiger partial charge is 0.342 e. The highest BCUT2D eigenvalue weighted by Gasteiger charge is 2.25. The van der Waals surface area contributed by atoms with Gasteiger partial charge in [-0.1, -0.05) is 24.3 Å². The number of hydrogen-bond donors (Lipinski definition) is 1. The molecule has 0 spiro atoms. The number of carbonyl (C=O) groups excluding carboxylic acids is 1. The van der Waals surface area contributed by atoms with Crippen molar-refractivity contribution >= 4 is 39.7 Å². The molecule has 6 heteroatoms. The van der Waals surface area contributed by atoms with E-state index in [4.69, 9.17) is 9.15 Å². The topological polar surface area (TPSA) is 84.9 Å². The lowest BCUT2D eigenvalue weighted by Crippen LogP contribution is -2.06. The number of carbonyl (C=O) groups is 1. The average Bonchev–Trinajstić information content (AvgIpc) is 3.05. The minimum Gasteiger partial charge on any atom is -0.507 e. The molecule has 6 nitrogen and oxygen atoms in total. The average molecular weight is 388 g/mol. The first-order valence-electron chi connectivity index (χ1n) is 9.31. The number of phenolic OH excluding ortho intramolecular Hbond substituents is 1. The summed E-state index contributed by atoms with van der Waals surface area (Å²) in [5.74, 6) is 0.457. The summed E-state index contributed by atoms with van der Waals surface area (Å²) in [6.07, 6.45) is 3.19. The van der Waals surface area contributed by atoms with E-state index in [9.17, 15) is 9.90 Å². The summed E-state index contributed by atoms with van der Waals surface area (Å²) in [6, 6.07) is 11.0. The fourth-order valence-corrected chi connectivity index (χ4v) is 3.44. The van der Waals surface area contributed by atoms with Gasteiger partial charge in [0.2, 0.25) is 0 Å². The summed E-state index contributed by atoms with van der Waals surface area (Å²) in [5, 5.41) is 12.8. The van der Waals surface area contributed by atoms with Gasteiger partial charge in [0.1, 0.15) is 22.7 Å². The summed E-state index contributed by atoms with van der Waals surface area (Å²) in [5.41, 5.74) is 2.22. The second-order valence-corrected chi connectivity index (χ2v) is 6.72. The largest absolute Gasteiger partial charge is 0.507 e. The van der Waals surface area contributed by atoms with E-state index in [-0.39, 0.29) is 12.4 Å². The van der Waals surface area contributed by atoms with Gasteiger partial charge in [0.05, 0.1) is 6.61 Å². The van der Waals surface area contributed by atoms with Crippen molar-refractivity contribution in [3.05, 3.63) is 65.0 Å². The quantitative estimate of drug-likeness (QED) is 0.382. The number of aromatic hydroxyl groups is 1. The third-order valence-electron chi connectivity index (χ3n) is 4.74.